The van der Waals surface area contributed by atoms with E-state index >= 15 is 0 Å². The minimum absolute atomic E-state index is 0.102. The van der Waals surface area contributed by atoms with Crippen LogP contribution in [0.1, 0.15) is 16.1 Å². The number of carbonyl (C=O) groups excluding carboxylic acids is 1. The van der Waals surface area contributed by atoms with Gasteiger partial charge in [-0.05, 0) is 24.1 Å². The van der Waals surface area contributed by atoms with Crippen molar-refractivity contribution in [3.05, 3.63) is 29.6 Å². The summed E-state index contributed by atoms with van der Waals surface area (Å²) in [7, 11) is 0. The summed E-state index contributed by atoms with van der Waals surface area (Å²) in [5.74, 6) is -1.74. The molecule has 1 rings (SSSR count). The van der Waals surface area contributed by atoms with E-state index in [1.807, 2.05) is 0 Å². The molecule has 0 aliphatic heterocycles. The van der Waals surface area contributed by atoms with Crippen LogP contribution in [0.2, 0.25) is 0 Å². The van der Waals surface area contributed by atoms with Gasteiger partial charge >= 0.3 is 5.97 Å². The Morgan fingerprint density at radius 3 is 2.73 bits per heavy atom. The maximum Gasteiger partial charge on any atom is 0.320 e. The molecular formula is C9H11N3O3. The number of amides is 1. The molecule has 0 spiro atoms. The van der Waals surface area contributed by atoms with Gasteiger partial charge in [0.2, 0.25) is 0 Å². The maximum atomic E-state index is 10.8. The van der Waals surface area contributed by atoms with E-state index in [0.717, 1.165) is 0 Å². The lowest BCUT2D eigenvalue weighted by atomic mass is 10.1. The number of carbonyl (C=O) groups is 2. The molecule has 15 heavy (non-hydrogen) atoms. The second kappa shape index (κ2) is 4.52. The van der Waals surface area contributed by atoms with Crippen molar-refractivity contribution in [1.82, 2.24) is 4.98 Å². The second-order valence-electron chi connectivity index (χ2n) is 3.06. The average molecular weight is 209 g/mol. The van der Waals surface area contributed by atoms with Gasteiger partial charge in [0.25, 0.3) is 5.91 Å². The summed E-state index contributed by atoms with van der Waals surface area (Å²) >= 11 is 0. The van der Waals surface area contributed by atoms with Crippen molar-refractivity contribution in [2.75, 3.05) is 0 Å². The van der Waals surface area contributed by atoms with E-state index in [1.54, 1.807) is 6.07 Å². The molecule has 0 fully saturated rings. The summed E-state index contributed by atoms with van der Waals surface area (Å²) in [5.41, 5.74) is 11.1. The largest absolute Gasteiger partial charge is 0.480 e. The SMILES string of the molecule is NC(=O)c1cc(CC(N)C(=O)O)ccn1. The lowest BCUT2D eigenvalue weighted by Crippen LogP contribution is -2.32. The van der Waals surface area contributed by atoms with Crippen LogP contribution in [0.25, 0.3) is 0 Å². The van der Waals surface area contributed by atoms with E-state index in [9.17, 15) is 9.59 Å². The molecule has 0 aromatic carbocycles. The molecule has 6 nitrogen and oxygen atoms in total. The Hall–Kier alpha value is -1.95. The van der Waals surface area contributed by atoms with Gasteiger partial charge < -0.3 is 16.6 Å². The van der Waals surface area contributed by atoms with Gasteiger partial charge in [0, 0.05) is 6.20 Å². The first-order valence-electron chi connectivity index (χ1n) is 4.24. The maximum absolute atomic E-state index is 10.8. The zero-order chi connectivity index (χ0) is 11.4. The fourth-order valence-corrected chi connectivity index (χ4v) is 1.08. The zero-order valence-corrected chi connectivity index (χ0v) is 7.88. The van der Waals surface area contributed by atoms with Gasteiger partial charge in [-0.2, -0.15) is 0 Å². The first kappa shape index (κ1) is 11.1. The van der Waals surface area contributed by atoms with Crippen molar-refractivity contribution in [3.63, 3.8) is 0 Å². The molecule has 0 aliphatic rings. The standard InChI is InChI=1S/C9H11N3O3/c10-6(9(14)15)3-5-1-2-12-7(4-5)8(11)13/h1-2,4,6H,3,10H2,(H2,11,13)(H,14,15). The highest BCUT2D eigenvalue weighted by molar-refractivity contribution is 5.90. The van der Waals surface area contributed by atoms with E-state index in [2.05, 4.69) is 4.98 Å². The smallest absolute Gasteiger partial charge is 0.320 e. The van der Waals surface area contributed by atoms with Crippen molar-refractivity contribution in [2.45, 2.75) is 12.5 Å². The Balaban J connectivity index is 2.82. The van der Waals surface area contributed by atoms with Crippen molar-refractivity contribution in [2.24, 2.45) is 11.5 Å². The molecular weight excluding hydrogens is 198 g/mol. The van der Waals surface area contributed by atoms with Crippen molar-refractivity contribution in [3.8, 4) is 0 Å². The number of hydrogen-bond donors (Lipinski definition) is 3. The highest BCUT2D eigenvalue weighted by Crippen LogP contribution is 2.04. The van der Waals surface area contributed by atoms with E-state index < -0.39 is 17.9 Å². The summed E-state index contributed by atoms with van der Waals surface area (Å²) in [6, 6.07) is 2.04. The third-order valence-corrected chi connectivity index (χ3v) is 1.85. The van der Waals surface area contributed by atoms with Gasteiger partial charge in [-0.3, -0.25) is 14.6 Å². The number of carboxylic acids is 1. The topological polar surface area (TPSA) is 119 Å². The monoisotopic (exact) mass is 209 g/mol. The summed E-state index contributed by atoms with van der Waals surface area (Å²) < 4.78 is 0. The second-order valence-corrected chi connectivity index (χ2v) is 3.06. The molecule has 0 bridgehead atoms. The molecule has 1 amide bonds. The lowest BCUT2D eigenvalue weighted by Gasteiger charge is -2.06. The summed E-state index contributed by atoms with van der Waals surface area (Å²) in [6.07, 6.45) is 1.53. The quantitative estimate of drug-likeness (QED) is 0.595. The average Bonchev–Trinajstić information content (AvgIpc) is 2.18. The number of rotatable bonds is 4. The summed E-state index contributed by atoms with van der Waals surface area (Å²) in [5, 5.41) is 8.59. The number of carboxylic acid groups (broad SMARTS) is 1. The van der Waals surface area contributed by atoms with Gasteiger partial charge in [-0.25, -0.2) is 0 Å². The molecule has 0 aliphatic carbocycles. The van der Waals surface area contributed by atoms with Crippen LogP contribution in [-0.2, 0) is 11.2 Å². The van der Waals surface area contributed by atoms with Crippen LogP contribution in [0, 0.1) is 0 Å². The summed E-state index contributed by atoms with van der Waals surface area (Å²) in [6.45, 7) is 0. The Bertz CT molecular complexity index is 392. The van der Waals surface area contributed by atoms with Crippen molar-refractivity contribution < 1.29 is 14.7 Å². The summed E-state index contributed by atoms with van der Waals surface area (Å²) in [4.78, 5) is 25.0. The van der Waals surface area contributed by atoms with Crippen LogP contribution < -0.4 is 11.5 Å². The fourth-order valence-electron chi connectivity index (χ4n) is 1.08. The minimum atomic E-state index is -1.09. The first-order chi connectivity index (χ1) is 7.00. The Labute approximate surface area is 85.9 Å². The molecule has 1 heterocycles. The van der Waals surface area contributed by atoms with E-state index in [4.69, 9.17) is 16.6 Å². The van der Waals surface area contributed by atoms with Crippen molar-refractivity contribution in [1.29, 1.82) is 0 Å². The Kier molecular flexibility index (Phi) is 3.35. The van der Waals surface area contributed by atoms with E-state index in [1.165, 1.54) is 12.3 Å². The van der Waals surface area contributed by atoms with Crippen LogP contribution in [0.15, 0.2) is 18.3 Å². The van der Waals surface area contributed by atoms with Crippen LogP contribution >= 0.6 is 0 Å². The van der Waals surface area contributed by atoms with Crippen LogP contribution in [0.3, 0.4) is 0 Å². The number of nitrogens with two attached hydrogens (primary N) is 2. The number of primary amides is 1. The highest BCUT2D eigenvalue weighted by Gasteiger charge is 2.13. The van der Waals surface area contributed by atoms with Gasteiger partial charge in [-0.1, -0.05) is 0 Å². The molecule has 0 radical (unpaired) electrons. The van der Waals surface area contributed by atoms with E-state index in [0.29, 0.717) is 5.56 Å². The van der Waals surface area contributed by atoms with Gasteiger partial charge in [-0.15, -0.1) is 0 Å². The molecule has 0 saturated carbocycles. The Morgan fingerprint density at radius 2 is 2.20 bits per heavy atom. The van der Waals surface area contributed by atoms with E-state index in [-0.39, 0.29) is 12.1 Å². The number of aromatic nitrogens is 1. The highest BCUT2D eigenvalue weighted by atomic mass is 16.4. The predicted octanol–water partition coefficient (Wildman–Crippen LogP) is -0.865. The van der Waals surface area contributed by atoms with Gasteiger partial charge in [0.05, 0.1) is 0 Å². The number of nitrogens with zero attached hydrogens (tertiary/aromatic N) is 1. The first-order valence-corrected chi connectivity index (χ1v) is 4.24. The lowest BCUT2D eigenvalue weighted by molar-refractivity contribution is -0.138. The molecule has 80 valence electrons. The molecule has 1 aromatic rings. The van der Waals surface area contributed by atoms with Gasteiger partial charge in [0.15, 0.2) is 0 Å². The number of hydrogen-bond acceptors (Lipinski definition) is 4. The van der Waals surface area contributed by atoms with Gasteiger partial charge in [0.1, 0.15) is 11.7 Å². The predicted molar refractivity (Wildman–Crippen MR) is 52.1 cm³/mol. The zero-order valence-electron chi connectivity index (χ0n) is 7.88. The molecule has 1 atom stereocenters. The van der Waals surface area contributed by atoms with Crippen LogP contribution in [0.5, 0.6) is 0 Å². The molecule has 1 aromatic heterocycles. The fraction of sp³-hybridized carbons (Fsp3) is 0.222. The van der Waals surface area contributed by atoms with Crippen molar-refractivity contribution >= 4 is 11.9 Å². The molecule has 5 N–H and O–H groups in total. The third kappa shape index (κ3) is 3.03. The normalized spacial score (nSPS) is 12.1. The number of aliphatic carboxylic acids is 1. The molecule has 6 heteroatoms. The van der Waals surface area contributed by atoms with Crippen LogP contribution in [-0.4, -0.2) is 28.0 Å². The molecule has 0 saturated heterocycles. The number of pyridine rings is 1. The minimum Gasteiger partial charge on any atom is -0.480 e. The third-order valence-electron chi connectivity index (χ3n) is 1.85. The molecule has 1 unspecified atom stereocenters. The Morgan fingerprint density at radius 1 is 1.53 bits per heavy atom. The van der Waals surface area contributed by atoms with Crippen LogP contribution in [0.4, 0.5) is 0 Å².